The first kappa shape index (κ1) is 13.5. The molecule has 0 heterocycles. The zero-order valence-corrected chi connectivity index (χ0v) is 10.4. The number of nitrogens with one attached hydrogen (secondary N) is 2. The Morgan fingerprint density at radius 1 is 1.35 bits per heavy atom. The maximum Gasteiger partial charge on any atom is 0.224 e. The molecular formula is C13H20N2O2. The van der Waals surface area contributed by atoms with Crippen LogP contribution in [0.3, 0.4) is 0 Å². The van der Waals surface area contributed by atoms with E-state index in [0.717, 1.165) is 12.1 Å². The first-order valence-electron chi connectivity index (χ1n) is 5.86. The third-order valence-electron chi connectivity index (χ3n) is 2.28. The van der Waals surface area contributed by atoms with E-state index >= 15 is 0 Å². The Kier molecular flexibility index (Phi) is 5.49. The van der Waals surface area contributed by atoms with Gasteiger partial charge in [-0.25, -0.2) is 0 Å². The van der Waals surface area contributed by atoms with Gasteiger partial charge in [-0.15, -0.1) is 0 Å². The summed E-state index contributed by atoms with van der Waals surface area (Å²) in [4.78, 5) is 11.5. The molecular weight excluding hydrogens is 216 g/mol. The van der Waals surface area contributed by atoms with Crippen LogP contribution in [0.5, 0.6) is 5.75 Å². The van der Waals surface area contributed by atoms with E-state index in [1.807, 2.05) is 6.07 Å². The average molecular weight is 236 g/mol. The highest BCUT2D eigenvalue weighted by atomic mass is 16.3. The highest BCUT2D eigenvalue weighted by Gasteiger charge is 2.03. The molecule has 1 rings (SSSR count). The number of hydrogen-bond acceptors (Lipinski definition) is 3. The predicted molar refractivity (Wildman–Crippen MR) is 68.0 cm³/mol. The number of phenols is 1. The SMILES string of the molecule is CC(C)NCCNC(=O)Cc1cccc(O)c1. The van der Waals surface area contributed by atoms with Gasteiger partial charge in [-0.1, -0.05) is 26.0 Å². The van der Waals surface area contributed by atoms with Crippen molar-refractivity contribution >= 4 is 5.91 Å². The molecule has 0 spiro atoms. The van der Waals surface area contributed by atoms with Crippen molar-refractivity contribution in [2.45, 2.75) is 26.3 Å². The van der Waals surface area contributed by atoms with Gasteiger partial charge in [-0.05, 0) is 17.7 Å². The van der Waals surface area contributed by atoms with Gasteiger partial charge in [0, 0.05) is 19.1 Å². The number of hydrogen-bond donors (Lipinski definition) is 3. The number of phenolic OH excluding ortho intramolecular Hbond substituents is 1. The van der Waals surface area contributed by atoms with Crippen LogP contribution in [0.25, 0.3) is 0 Å². The van der Waals surface area contributed by atoms with Crippen LogP contribution in [0.1, 0.15) is 19.4 Å². The van der Waals surface area contributed by atoms with Gasteiger partial charge in [-0.3, -0.25) is 4.79 Å². The van der Waals surface area contributed by atoms with Crippen LogP contribution in [-0.4, -0.2) is 30.1 Å². The highest BCUT2D eigenvalue weighted by molar-refractivity contribution is 5.78. The fourth-order valence-corrected chi connectivity index (χ4v) is 1.48. The molecule has 17 heavy (non-hydrogen) atoms. The highest BCUT2D eigenvalue weighted by Crippen LogP contribution is 2.10. The van der Waals surface area contributed by atoms with Gasteiger partial charge < -0.3 is 15.7 Å². The molecule has 1 aromatic rings. The minimum atomic E-state index is -0.0267. The van der Waals surface area contributed by atoms with Crippen molar-refractivity contribution in [1.29, 1.82) is 0 Å². The smallest absolute Gasteiger partial charge is 0.224 e. The molecule has 4 heteroatoms. The van der Waals surface area contributed by atoms with E-state index in [4.69, 9.17) is 0 Å². The largest absolute Gasteiger partial charge is 0.508 e. The lowest BCUT2D eigenvalue weighted by Gasteiger charge is -2.09. The molecule has 0 aromatic heterocycles. The summed E-state index contributed by atoms with van der Waals surface area (Å²) in [5, 5.41) is 15.3. The molecule has 0 aliphatic heterocycles. The lowest BCUT2D eigenvalue weighted by Crippen LogP contribution is -2.35. The Morgan fingerprint density at radius 2 is 2.12 bits per heavy atom. The molecule has 0 fully saturated rings. The fraction of sp³-hybridized carbons (Fsp3) is 0.462. The molecule has 94 valence electrons. The van der Waals surface area contributed by atoms with E-state index in [1.165, 1.54) is 0 Å². The van der Waals surface area contributed by atoms with Crippen molar-refractivity contribution in [2.75, 3.05) is 13.1 Å². The number of rotatable bonds is 6. The fourth-order valence-electron chi connectivity index (χ4n) is 1.48. The van der Waals surface area contributed by atoms with Crippen LogP contribution < -0.4 is 10.6 Å². The lowest BCUT2D eigenvalue weighted by atomic mass is 10.1. The van der Waals surface area contributed by atoms with Crippen molar-refractivity contribution in [3.63, 3.8) is 0 Å². The lowest BCUT2D eigenvalue weighted by molar-refractivity contribution is -0.120. The standard InChI is InChI=1S/C13H20N2O2/c1-10(2)14-6-7-15-13(17)9-11-4-3-5-12(16)8-11/h3-5,8,10,14,16H,6-7,9H2,1-2H3,(H,15,17). The summed E-state index contributed by atoms with van der Waals surface area (Å²) in [6.45, 7) is 5.52. The van der Waals surface area contributed by atoms with Gasteiger partial charge in [0.2, 0.25) is 5.91 Å². The van der Waals surface area contributed by atoms with Gasteiger partial charge >= 0.3 is 0 Å². The van der Waals surface area contributed by atoms with Gasteiger partial charge in [0.15, 0.2) is 0 Å². The molecule has 0 unspecified atom stereocenters. The molecule has 0 radical (unpaired) electrons. The molecule has 1 amide bonds. The van der Waals surface area contributed by atoms with Gasteiger partial charge in [0.1, 0.15) is 5.75 Å². The molecule has 0 saturated carbocycles. The van der Waals surface area contributed by atoms with Crippen molar-refractivity contribution in [3.05, 3.63) is 29.8 Å². The molecule has 0 bridgehead atoms. The predicted octanol–water partition coefficient (Wildman–Crippen LogP) is 1.05. The van der Waals surface area contributed by atoms with E-state index in [2.05, 4.69) is 24.5 Å². The van der Waals surface area contributed by atoms with Gasteiger partial charge in [-0.2, -0.15) is 0 Å². The minimum absolute atomic E-state index is 0.0267. The van der Waals surface area contributed by atoms with Crippen LogP contribution in [0.4, 0.5) is 0 Å². The third-order valence-corrected chi connectivity index (χ3v) is 2.28. The topological polar surface area (TPSA) is 61.4 Å². The molecule has 0 aliphatic rings. The average Bonchev–Trinajstić information content (AvgIpc) is 2.24. The van der Waals surface area contributed by atoms with Crippen molar-refractivity contribution in [1.82, 2.24) is 10.6 Å². The quantitative estimate of drug-likeness (QED) is 0.647. The molecule has 4 nitrogen and oxygen atoms in total. The monoisotopic (exact) mass is 236 g/mol. The molecule has 3 N–H and O–H groups in total. The number of carbonyl (C=O) groups is 1. The third kappa shape index (κ3) is 5.92. The zero-order chi connectivity index (χ0) is 12.7. The van der Waals surface area contributed by atoms with Crippen LogP contribution in [0.15, 0.2) is 24.3 Å². The zero-order valence-electron chi connectivity index (χ0n) is 10.4. The minimum Gasteiger partial charge on any atom is -0.508 e. The number of aromatic hydroxyl groups is 1. The number of amides is 1. The summed E-state index contributed by atoms with van der Waals surface area (Å²) in [6, 6.07) is 7.18. The van der Waals surface area contributed by atoms with Crippen molar-refractivity contribution in [3.8, 4) is 5.75 Å². The summed E-state index contributed by atoms with van der Waals surface area (Å²) in [5.41, 5.74) is 0.819. The second-order valence-electron chi connectivity index (χ2n) is 4.31. The Hall–Kier alpha value is -1.55. The Morgan fingerprint density at radius 3 is 2.76 bits per heavy atom. The van der Waals surface area contributed by atoms with E-state index < -0.39 is 0 Å². The first-order chi connectivity index (χ1) is 8.08. The van der Waals surface area contributed by atoms with Crippen LogP contribution >= 0.6 is 0 Å². The Bertz CT molecular complexity index is 364. The van der Waals surface area contributed by atoms with Crippen LogP contribution in [0.2, 0.25) is 0 Å². The summed E-state index contributed by atoms with van der Waals surface area (Å²) in [6.07, 6.45) is 0.302. The summed E-state index contributed by atoms with van der Waals surface area (Å²) in [7, 11) is 0. The van der Waals surface area contributed by atoms with Crippen LogP contribution in [0, 0.1) is 0 Å². The summed E-state index contributed by atoms with van der Waals surface area (Å²) < 4.78 is 0. The van der Waals surface area contributed by atoms with Gasteiger partial charge in [0.05, 0.1) is 6.42 Å². The number of carbonyl (C=O) groups excluding carboxylic acids is 1. The maximum atomic E-state index is 11.5. The van der Waals surface area contributed by atoms with E-state index in [0.29, 0.717) is 19.0 Å². The second kappa shape index (κ2) is 6.91. The van der Waals surface area contributed by atoms with Gasteiger partial charge in [0.25, 0.3) is 0 Å². The Labute approximate surface area is 102 Å². The molecule has 0 atom stereocenters. The normalized spacial score (nSPS) is 10.5. The summed E-state index contributed by atoms with van der Waals surface area (Å²) >= 11 is 0. The Balaban J connectivity index is 2.25. The van der Waals surface area contributed by atoms with Crippen molar-refractivity contribution < 1.29 is 9.90 Å². The van der Waals surface area contributed by atoms with Crippen LogP contribution in [-0.2, 0) is 11.2 Å². The maximum absolute atomic E-state index is 11.5. The molecule has 1 aromatic carbocycles. The second-order valence-corrected chi connectivity index (χ2v) is 4.31. The first-order valence-corrected chi connectivity index (χ1v) is 5.86. The van der Waals surface area contributed by atoms with E-state index in [-0.39, 0.29) is 11.7 Å². The number of benzene rings is 1. The summed E-state index contributed by atoms with van der Waals surface area (Å²) in [5.74, 6) is 0.165. The van der Waals surface area contributed by atoms with E-state index in [1.54, 1.807) is 18.2 Å². The molecule has 0 saturated heterocycles. The van der Waals surface area contributed by atoms with E-state index in [9.17, 15) is 9.90 Å². The molecule has 0 aliphatic carbocycles. The van der Waals surface area contributed by atoms with Crippen molar-refractivity contribution in [2.24, 2.45) is 0 Å².